The van der Waals surface area contributed by atoms with Crippen molar-refractivity contribution in [1.29, 1.82) is 0 Å². The molecular weight excluding hydrogens is 254 g/mol. The average Bonchev–Trinajstić information content (AvgIpc) is 2.62. The van der Waals surface area contributed by atoms with Crippen LogP contribution in [0.3, 0.4) is 0 Å². The van der Waals surface area contributed by atoms with Crippen LogP contribution in [0.4, 0.5) is 4.79 Å². The molecule has 0 aromatic heterocycles. The van der Waals surface area contributed by atoms with Crippen molar-refractivity contribution < 1.29 is 19.1 Å². The smallest absolute Gasteiger partial charge is 0.407 e. The quantitative estimate of drug-likeness (QED) is 0.796. The number of esters is 1. The minimum atomic E-state index is -0.506. The predicted octanol–water partition coefficient (Wildman–Crippen LogP) is 1.81. The Bertz CT molecular complexity index is 314. The first-order valence-electron chi connectivity index (χ1n) is 5.96. The second-order valence-corrected chi connectivity index (χ2v) is 6.41. The highest BCUT2D eigenvalue weighted by Crippen LogP contribution is 2.27. The van der Waals surface area contributed by atoms with Crippen molar-refractivity contribution in [2.75, 3.05) is 18.6 Å². The lowest BCUT2D eigenvalue weighted by Crippen LogP contribution is -2.43. The number of ether oxygens (including phenoxy) is 2. The van der Waals surface area contributed by atoms with E-state index in [2.05, 4.69) is 10.1 Å². The molecule has 0 spiro atoms. The maximum absolute atomic E-state index is 11.7. The van der Waals surface area contributed by atoms with E-state index in [0.29, 0.717) is 6.42 Å². The summed E-state index contributed by atoms with van der Waals surface area (Å²) in [5, 5.41) is 2.83. The van der Waals surface area contributed by atoms with Crippen molar-refractivity contribution in [3.8, 4) is 0 Å². The molecule has 5 nitrogen and oxygen atoms in total. The number of carbonyl (C=O) groups excluding carboxylic acids is 2. The molecule has 1 heterocycles. The second-order valence-electron chi connectivity index (χ2n) is 5.33. The summed E-state index contributed by atoms with van der Waals surface area (Å²) >= 11 is 1.72. The summed E-state index contributed by atoms with van der Waals surface area (Å²) in [6, 6.07) is -0.0241. The van der Waals surface area contributed by atoms with Gasteiger partial charge in [-0.2, -0.15) is 11.8 Å². The number of hydrogen-bond donors (Lipinski definition) is 1. The van der Waals surface area contributed by atoms with Gasteiger partial charge in [-0.3, -0.25) is 4.79 Å². The fraction of sp³-hybridized carbons (Fsp3) is 0.833. The van der Waals surface area contributed by atoms with Crippen LogP contribution in [0.5, 0.6) is 0 Å². The van der Waals surface area contributed by atoms with Gasteiger partial charge in [-0.25, -0.2) is 4.79 Å². The zero-order chi connectivity index (χ0) is 13.8. The van der Waals surface area contributed by atoms with Crippen molar-refractivity contribution in [2.45, 2.75) is 38.8 Å². The molecule has 1 saturated heterocycles. The molecule has 104 valence electrons. The molecule has 1 rings (SSSR count). The molecule has 0 unspecified atom stereocenters. The summed E-state index contributed by atoms with van der Waals surface area (Å²) in [5.41, 5.74) is -0.506. The highest BCUT2D eigenvalue weighted by molar-refractivity contribution is 7.99. The van der Waals surface area contributed by atoms with Crippen molar-refractivity contribution in [2.24, 2.45) is 5.92 Å². The largest absolute Gasteiger partial charge is 0.469 e. The van der Waals surface area contributed by atoms with Crippen molar-refractivity contribution in [1.82, 2.24) is 5.32 Å². The summed E-state index contributed by atoms with van der Waals surface area (Å²) in [4.78, 5) is 22.9. The van der Waals surface area contributed by atoms with E-state index >= 15 is 0 Å². The number of nitrogens with one attached hydrogen (secondary N) is 1. The van der Waals surface area contributed by atoms with Crippen LogP contribution in [0.15, 0.2) is 0 Å². The Morgan fingerprint density at radius 1 is 1.33 bits per heavy atom. The van der Waals surface area contributed by atoms with Gasteiger partial charge in [-0.1, -0.05) is 0 Å². The van der Waals surface area contributed by atoms with Crippen LogP contribution in [-0.4, -0.2) is 42.3 Å². The molecule has 0 bridgehead atoms. The molecule has 0 aliphatic carbocycles. The molecule has 1 aliphatic rings. The van der Waals surface area contributed by atoms with E-state index in [1.54, 1.807) is 11.8 Å². The van der Waals surface area contributed by atoms with Crippen molar-refractivity contribution in [3.63, 3.8) is 0 Å². The Morgan fingerprint density at radius 3 is 2.56 bits per heavy atom. The molecule has 0 aromatic rings. The maximum atomic E-state index is 11.7. The summed E-state index contributed by atoms with van der Waals surface area (Å²) < 4.78 is 9.86. The number of methoxy groups -OCH3 is 1. The fourth-order valence-corrected chi connectivity index (χ4v) is 3.11. The molecule has 0 saturated carbocycles. The average molecular weight is 275 g/mol. The van der Waals surface area contributed by atoms with E-state index in [0.717, 1.165) is 11.5 Å². The van der Waals surface area contributed by atoms with Crippen molar-refractivity contribution in [3.05, 3.63) is 0 Å². The van der Waals surface area contributed by atoms with E-state index in [-0.39, 0.29) is 17.9 Å². The Kier molecular flexibility index (Phi) is 5.31. The lowest BCUT2D eigenvalue weighted by atomic mass is 10.0. The van der Waals surface area contributed by atoms with Gasteiger partial charge in [0.15, 0.2) is 0 Å². The van der Waals surface area contributed by atoms with Crippen LogP contribution in [0.25, 0.3) is 0 Å². The summed E-state index contributed by atoms with van der Waals surface area (Å²) in [6.07, 6.45) is -0.0888. The number of hydrogen-bond acceptors (Lipinski definition) is 5. The van der Waals surface area contributed by atoms with E-state index in [9.17, 15) is 9.59 Å². The number of thioether (sulfide) groups is 1. The van der Waals surface area contributed by atoms with Gasteiger partial charge in [-0.15, -0.1) is 0 Å². The predicted molar refractivity (Wildman–Crippen MR) is 70.6 cm³/mol. The minimum absolute atomic E-state index is 0.0241. The van der Waals surface area contributed by atoms with Crippen LogP contribution in [-0.2, 0) is 14.3 Å². The summed E-state index contributed by atoms with van der Waals surface area (Å²) in [5.74, 6) is 1.55. The van der Waals surface area contributed by atoms with Gasteiger partial charge in [0, 0.05) is 11.8 Å². The van der Waals surface area contributed by atoms with E-state index in [4.69, 9.17) is 4.74 Å². The molecule has 6 heteroatoms. The molecule has 18 heavy (non-hydrogen) atoms. The third-order valence-corrected chi connectivity index (χ3v) is 3.82. The van der Waals surface area contributed by atoms with E-state index in [1.165, 1.54) is 7.11 Å². The SMILES string of the molecule is COC(=O)C[C@H]1CSC[C@H]1NC(=O)OC(C)(C)C. The number of rotatable bonds is 3. The Hall–Kier alpha value is -0.910. The first kappa shape index (κ1) is 15.1. The van der Waals surface area contributed by atoms with Crippen LogP contribution in [0.2, 0.25) is 0 Å². The van der Waals surface area contributed by atoms with Gasteiger partial charge >= 0.3 is 12.1 Å². The van der Waals surface area contributed by atoms with Gasteiger partial charge in [0.25, 0.3) is 0 Å². The first-order valence-corrected chi connectivity index (χ1v) is 7.11. The molecule has 1 aliphatic heterocycles. The number of alkyl carbamates (subject to hydrolysis) is 1. The van der Waals surface area contributed by atoms with Gasteiger partial charge < -0.3 is 14.8 Å². The van der Waals surface area contributed by atoms with Crippen molar-refractivity contribution >= 4 is 23.8 Å². The second kappa shape index (κ2) is 6.31. The molecule has 0 aromatic carbocycles. The number of carbonyl (C=O) groups is 2. The molecular formula is C12H21NO4S. The van der Waals surface area contributed by atoms with Crippen LogP contribution in [0, 0.1) is 5.92 Å². The topological polar surface area (TPSA) is 64.6 Å². The first-order chi connectivity index (χ1) is 8.31. The molecule has 1 amide bonds. The Balaban J connectivity index is 2.45. The van der Waals surface area contributed by atoms with Crippen LogP contribution >= 0.6 is 11.8 Å². The molecule has 1 fully saturated rings. The summed E-state index contributed by atoms with van der Waals surface area (Å²) in [6.45, 7) is 5.46. The van der Waals surface area contributed by atoms with Crippen LogP contribution in [0.1, 0.15) is 27.2 Å². The standard InChI is InChI=1S/C12H21NO4S/c1-12(2,3)17-11(15)13-9-7-18-6-8(9)5-10(14)16-4/h8-9H,5-7H2,1-4H3,(H,13,15)/t8-,9+/m0/s1. The minimum Gasteiger partial charge on any atom is -0.469 e. The monoisotopic (exact) mass is 275 g/mol. The lowest BCUT2D eigenvalue weighted by Gasteiger charge is -2.23. The molecule has 0 radical (unpaired) electrons. The lowest BCUT2D eigenvalue weighted by molar-refractivity contribution is -0.141. The zero-order valence-electron chi connectivity index (χ0n) is 11.3. The van der Waals surface area contributed by atoms with Gasteiger partial charge in [-0.05, 0) is 32.4 Å². The molecule has 2 atom stereocenters. The Morgan fingerprint density at radius 2 is 2.00 bits per heavy atom. The number of amides is 1. The van der Waals surface area contributed by atoms with Gasteiger partial charge in [0.05, 0.1) is 13.5 Å². The fourth-order valence-electron chi connectivity index (χ4n) is 1.72. The normalized spacial score (nSPS) is 23.6. The van der Waals surface area contributed by atoms with E-state index < -0.39 is 11.7 Å². The van der Waals surface area contributed by atoms with Crippen LogP contribution < -0.4 is 5.32 Å². The highest BCUT2D eigenvalue weighted by Gasteiger charge is 2.32. The Labute approximate surface area is 112 Å². The molecule has 1 N–H and O–H groups in total. The van der Waals surface area contributed by atoms with Gasteiger partial charge in [0.1, 0.15) is 5.60 Å². The van der Waals surface area contributed by atoms with Gasteiger partial charge in [0.2, 0.25) is 0 Å². The highest BCUT2D eigenvalue weighted by atomic mass is 32.2. The van der Waals surface area contributed by atoms with E-state index in [1.807, 2.05) is 20.8 Å². The third kappa shape index (κ3) is 5.16. The summed E-state index contributed by atoms with van der Waals surface area (Å²) in [7, 11) is 1.38. The maximum Gasteiger partial charge on any atom is 0.407 e. The zero-order valence-corrected chi connectivity index (χ0v) is 12.1. The third-order valence-electron chi connectivity index (χ3n) is 2.56.